The van der Waals surface area contributed by atoms with Crippen LogP contribution in [0.25, 0.3) is 22.9 Å². The van der Waals surface area contributed by atoms with Crippen LogP contribution in [0.15, 0.2) is 75.2 Å². The molecule has 0 bridgehead atoms. The van der Waals surface area contributed by atoms with Crippen LogP contribution in [-0.4, -0.2) is 32.6 Å². The van der Waals surface area contributed by atoms with Gasteiger partial charge in [0.15, 0.2) is 0 Å². The Bertz CT molecular complexity index is 1490. The first-order chi connectivity index (χ1) is 17.9. The molecule has 188 valence electrons. The summed E-state index contributed by atoms with van der Waals surface area (Å²) in [6.07, 6.45) is 4.20. The lowest BCUT2D eigenvalue weighted by Gasteiger charge is -2.20. The third kappa shape index (κ3) is 5.82. The number of aromatic nitrogens is 4. The van der Waals surface area contributed by atoms with Gasteiger partial charge in [0.1, 0.15) is 6.26 Å². The van der Waals surface area contributed by atoms with Gasteiger partial charge in [-0.05, 0) is 44.0 Å². The molecule has 9 nitrogen and oxygen atoms in total. The molecule has 1 atom stereocenters. The van der Waals surface area contributed by atoms with Crippen molar-refractivity contribution in [3.8, 4) is 22.9 Å². The molecule has 3 heterocycles. The number of thiazole rings is 1. The van der Waals surface area contributed by atoms with Crippen LogP contribution in [-0.2, 0) is 18.4 Å². The van der Waals surface area contributed by atoms with Gasteiger partial charge in [-0.3, -0.25) is 4.79 Å². The molecule has 0 saturated heterocycles. The van der Waals surface area contributed by atoms with Crippen LogP contribution in [0.3, 0.4) is 0 Å². The number of aryl methyl sites for hydroxylation is 1. The molecule has 1 unspecified atom stereocenters. The molecule has 2 aromatic carbocycles. The van der Waals surface area contributed by atoms with Crippen molar-refractivity contribution in [2.75, 3.05) is 6.54 Å². The predicted octanol–water partition coefficient (Wildman–Crippen LogP) is 4.55. The average molecular weight is 515 g/mol. The third-order valence-corrected chi connectivity index (χ3v) is 6.77. The summed E-state index contributed by atoms with van der Waals surface area (Å²) in [4.78, 5) is 21.7. The van der Waals surface area contributed by atoms with Gasteiger partial charge in [0.2, 0.25) is 17.7 Å². The van der Waals surface area contributed by atoms with Crippen molar-refractivity contribution in [1.82, 2.24) is 25.5 Å². The van der Waals surface area contributed by atoms with E-state index >= 15 is 0 Å². The Balaban J connectivity index is 1.39. The van der Waals surface area contributed by atoms with Crippen LogP contribution in [0.1, 0.15) is 39.4 Å². The largest absolute Gasteiger partial charge is 0.445 e. The van der Waals surface area contributed by atoms with Crippen LogP contribution < -0.4 is 11.1 Å². The maximum absolute atomic E-state index is 13.0. The summed E-state index contributed by atoms with van der Waals surface area (Å²) in [5, 5.41) is 14.4. The fourth-order valence-corrected chi connectivity index (χ4v) is 4.72. The molecule has 37 heavy (non-hydrogen) atoms. The Kier molecular flexibility index (Phi) is 6.93. The van der Waals surface area contributed by atoms with Gasteiger partial charge >= 0.3 is 0 Å². The number of oxazole rings is 1. The standard InChI is InChI=1S/C27H26N6O3S/c1-17-16-37-22(31-17)8-9-29-23(34)19-12-20(24-30-10-11-35-24)14-21(13-19)25-32-33-26(36-25)27(2,28)15-18-6-4-3-5-7-18/h3-7,10-14,16H,8-9,15,28H2,1-2H3,(H,29,34). The number of nitrogens with two attached hydrogens (primary N) is 1. The number of nitrogens with zero attached hydrogens (tertiary/aromatic N) is 4. The van der Waals surface area contributed by atoms with Crippen molar-refractivity contribution in [2.24, 2.45) is 5.73 Å². The maximum atomic E-state index is 13.0. The van der Waals surface area contributed by atoms with Gasteiger partial charge in [0.25, 0.3) is 5.91 Å². The number of amides is 1. The first-order valence-electron chi connectivity index (χ1n) is 11.8. The topological polar surface area (TPSA) is 133 Å². The molecule has 3 aromatic heterocycles. The number of carbonyl (C=O) groups excluding carboxylic acids is 1. The van der Waals surface area contributed by atoms with Gasteiger partial charge < -0.3 is 19.9 Å². The minimum Gasteiger partial charge on any atom is -0.445 e. The molecule has 0 radical (unpaired) electrons. The summed E-state index contributed by atoms with van der Waals surface area (Å²) in [7, 11) is 0. The second-order valence-corrected chi connectivity index (χ2v) is 9.96. The minimum absolute atomic E-state index is 0.240. The highest BCUT2D eigenvalue weighted by atomic mass is 32.1. The van der Waals surface area contributed by atoms with E-state index in [1.165, 1.54) is 6.26 Å². The zero-order valence-corrected chi connectivity index (χ0v) is 21.3. The number of nitrogens with one attached hydrogen (secondary N) is 1. The summed E-state index contributed by atoms with van der Waals surface area (Å²) in [5.41, 5.74) is 9.32. The summed E-state index contributed by atoms with van der Waals surface area (Å²) in [5.74, 6) is 0.690. The van der Waals surface area contributed by atoms with Gasteiger partial charge in [-0.15, -0.1) is 21.5 Å². The molecule has 3 N–H and O–H groups in total. The molecular weight excluding hydrogens is 488 g/mol. The molecule has 0 aliphatic heterocycles. The van der Waals surface area contributed by atoms with Crippen molar-refractivity contribution in [3.63, 3.8) is 0 Å². The van der Waals surface area contributed by atoms with Crippen molar-refractivity contribution >= 4 is 17.2 Å². The predicted molar refractivity (Wildman–Crippen MR) is 140 cm³/mol. The Morgan fingerprint density at radius 3 is 2.59 bits per heavy atom. The fraction of sp³-hybridized carbons (Fsp3) is 0.222. The monoisotopic (exact) mass is 514 g/mol. The van der Waals surface area contributed by atoms with E-state index in [9.17, 15) is 4.79 Å². The Hall–Kier alpha value is -4.15. The Morgan fingerprint density at radius 2 is 1.89 bits per heavy atom. The normalized spacial score (nSPS) is 12.8. The van der Waals surface area contributed by atoms with Gasteiger partial charge in [-0.1, -0.05) is 30.3 Å². The molecule has 1 amide bonds. The van der Waals surface area contributed by atoms with E-state index in [0.717, 1.165) is 16.3 Å². The van der Waals surface area contributed by atoms with E-state index in [-0.39, 0.29) is 11.8 Å². The van der Waals surface area contributed by atoms with Crippen molar-refractivity contribution in [3.05, 3.63) is 94.1 Å². The van der Waals surface area contributed by atoms with Crippen molar-refractivity contribution in [1.29, 1.82) is 0 Å². The highest BCUT2D eigenvalue weighted by molar-refractivity contribution is 7.09. The molecular formula is C27H26N6O3S. The van der Waals surface area contributed by atoms with Crippen LogP contribution in [0, 0.1) is 6.92 Å². The summed E-state index contributed by atoms with van der Waals surface area (Å²) in [6.45, 7) is 4.26. The number of hydrogen-bond donors (Lipinski definition) is 2. The third-order valence-electron chi connectivity index (χ3n) is 5.74. The highest BCUT2D eigenvalue weighted by Gasteiger charge is 2.29. The first-order valence-corrected chi connectivity index (χ1v) is 12.7. The summed E-state index contributed by atoms with van der Waals surface area (Å²) >= 11 is 1.58. The fourth-order valence-electron chi connectivity index (χ4n) is 3.94. The smallest absolute Gasteiger partial charge is 0.251 e. The molecule has 0 aliphatic rings. The van der Waals surface area contributed by atoms with Gasteiger partial charge in [0.05, 0.1) is 16.7 Å². The SMILES string of the molecule is Cc1csc(CCNC(=O)c2cc(-c3ncco3)cc(-c3nnc(C(C)(N)Cc4ccccc4)o3)c2)n1. The van der Waals surface area contributed by atoms with E-state index in [1.54, 1.807) is 35.7 Å². The van der Waals surface area contributed by atoms with Crippen LogP contribution in [0.2, 0.25) is 0 Å². The molecule has 0 saturated carbocycles. The molecule has 0 spiro atoms. The van der Waals surface area contributed by atoms with E-state index < -0.39 is 5.54 Å². The quantitative estimate of drug-likeness (QED) is 0.293. The Morgan fingerprint density at radius 1 is 1.11 bits per heavy atom. The minimum atomic E-state index is -0.874. The molecule has 5 aromatic rings. The lowest BCUT2D eigenvalue weighted by Crippen LogP contribution is -2.35. The van der Waals surface area contributed by atoms with E-state index in [1.807, 2.05) is 49.6 Å². The zero-order valence-electron chi connectivity index (χ0n) is 20.5. The summed E-state index contributed by atoms with van der Waals surface area (Å²) in [6, 6.07) is 15.1. The molecule has 5 rings (SSSR count). The summed E-state index contributed by atoms with van der Waals surface area (Å²) < 4.78 is 11.5. The van der Waals surface area contributed by atoms with Crippen LogP contribution >= 0.6 is 11.3 Å². The Labute approximate surface area is 217 Å². The first kappa shape index (κ1) is 24.5. The van der Waals surface area contributed by atoms with Gasteiger partial charge in [-0.2, -0.15) is 0 Å². The van der Waals surface area contributed by atoms with Crippen molar-refractivity contribution in [2.45, 2.75) is 32.2 Å². The number of carbonyl (C=O) groups is 1. The van der Waals surface area contributed by atoms with Crippen LogP contribution in [0.5, 0.6) is 0 Å². The molecule has 10 heteroatoms. The highest BCUT2D eigenvalue weighted by Crippen LogP contribution is 2.29. The number of benzene rings is 2. The second-order valence-electron chi connectivity index (χ2n) is 9.02. The number of rotatable bonds is 9. The second kappa shape index (κ2) is 10.5. The van der Waals surface area contributed by atoms with E-state index in [2.05, 4.69) is 25.5 Å². The molecule has 0 fully saturated rings. The van der Waals surface area contributed by atoms with Gasteiger partial charge in [-0.25, -0.2) is 9.97 Å². The number of hydrogen-bond acceptors (Lipinski definition) is 9. The lowest BCUT2D eigenvalue weighted by molar-refractivity contribution is 0.0954. The van der Waals surface area contributed by atoms with E-state index in [4.69, 9.17) is 14.6 Å². The maximum Gasteiger partial charge on any atom is 0.251 e. The zero-order chi connectivity index (χ0) is 25.8. The molecule has 0 aliphatic carbocycles. The lowest BCUT2D eigenvalue weighted by atomic mass is 9.94. The van der Waals surface area contributed by atoms with Crippen molar-refractivity contribution < 1.29 is 13.6 Å². The van der Waals surface area contributed by atoms with Gasteiger partial charge in [0, 0.05) is 40.7 Å². The average Bonchev–Trinajstić information content (AvgIpc) is 3.66. The van der Waals surface area contributed by atoms with E-state index in [0.29, 0.717) is 47.9 Å². The van der Waals surface area contributed by atoms with Crippen LogP contribution in [0.4, 0.5) is 0 Å².